The van der Waals surface area contributed by atoms with E-state index in [-0.39, 0.29) is 76.8 Å². The van der Waals surface area contributed by atoms with Gasteiger partial charge in [0.05, 0.1) is 17.8 Å². The summed E-state index contributed by atoms with van der Waals surface area (Å²) in [7, 11) is 0. The van der Waals surface area contributed by atoms with Crippen molar-refractivity contribution >= 4 is 53.4 Å². The highest BCUT2D eigenvalue weighted by Crippen LogP contribution is 2.40. The molecule has 1 aliphatic heterocycles. The molecule has 0 radical (unpaired) electrons. The third-order valence-corrected chi connectivity index (χ3v) is 13.0. The van der Waals surface area contributed by atoms with Gasteiger partial charge in [0.15, 0.2) is 0 Å². The Labute approximate surface area is 452 Å². The molecule has 2 aromatic carbocycles. The lowest BCUT2D eigenvalue weighted by Crippen LogP contribution is -2.57. The number of urea groups is 1. The number of aliphatic hydroxyl groups is 1. The van der Waals surface area contributed by atoms with E-state index in [0.717, 1.165) is 28.7 Å². The van der Waals surface area contributed by atoms with Crippen LogP contribution in [0.2, 0.25) is 0 Å². The van der Waals surface area contributed by atoms with E-state index in [4.69, 9.17) is 16.6 Å². The van der Waals surface area contributed by atoms with Gasteiger partial charge in [-0.15, -0.1) is 0 Å². The van der Waals surface area contributed by atoms with Gasteiger partial charge in [0.2, 0.25) is 29.5 Å². The molecular formula is C54H75F2N11O11. The van der Waals surface area contributed by atoms with Gasteiger partial charge in [0, 0.05) is 69.0 Å². The number of unbranched alkanes of at least 4 members (excludes halogenated alkanes) is 3. The van der Waals surface area contributed by atoms with E-state index in [1.807, 2.05) is 51.1 Å². The first-order chi connectivity index (χ1) is 36.9. The first-order valence-electron chi connectivity index (χ1n) is 26.1. The molecular weight excluding hydrogens is 1020 g/mol. The average Bonchev–Trinajstić information content (AvgIpc) is 3.95. The Balaban J connectivity index is 1.35. The molecule has 426 valence electrons. The fourth-order valence-electron chi connectivity index (χ4n) is 8.87. The molecule has 0 fully saturated rings. The molecule has 0 spiro atoms. The maximum atomic E-state index is 15.1. The van der Waals surface area contributed by atoms with Crippen LogP contribution in [-0.2, 0) is 44.8 Å². The highest BCUT2D eigenvalue weighted by Gasteiger charge is 2.39. The fraction of sp³-hybridized carbons (Fsp3) is 0.519. The summed E-state index contributed by atoms with van der Waals surface area (Å²) in [5.41, 5.74) is 12.4. The number of hydrogen-bond donors (Lipinski definition) is 9. The monoisotopic (exact) mass is 1090 g/mol. The second kappa shape index (κ2) is 30.4. The molecule has 78 heavy (non-hydrogen) atoms. The summed E-state index contributed by atoms with van der Waals surface area (Å²) >= 11 is 0. The molecule has 1 aliphatic rings. The summed E-state index contributed by atoms with van der Waals surface area (Å²) in [6.07, 6.45) is 6.11. The van der Waals surface area contributed by atoms with Crippen molar-refractivity contribution in [1.82, 2.24) is 46.2 Å². The predicted molar refractivity (Wildman–Crippen MR) is 283 cm³/mol. The molecule has 0 bridgehead atoms. The molecule has 24 heteroatoms. The number of nitrogens with zero attached hydrogens (tertiary/aromatic N) is 4. The number of aromatic nitrogens is 2. The summed E-state index contributed by atoms with van der Waals surface area (Å²) in [6.45, 7) is 8.23. The van der Waals surface area contributed by atoms with Gasteiger partial charge >= 0.3 is 12.0 Å². The van der Waals surface area contributed by atoms with Gasteiger partial charge in [-0.2, -0.15) is 5.10 Å². The molecule has 0 saturated carbocycles. The van der Waals surface area contributed by atoms with Crippen molar-refractivity contribution in [2.24, 2.45) is 22.8 Å². The van der Waals surface area contributed by atoms with Crippen molar-refractivity contribution in [3.63, 3.8) is 0 Å². The van der Waals surface area contributed by atoms with Crippen molar-refractivity contribution in [3.8, 4) is 5.69 Å². The third-order valence-electron chi connectivity index (χ3n) is 13.0. The topological polar surface area (TPSA) is 331 Å². The summed E-state index contributed by atoms with van der Waals surface area (Å²) in [6, 6.07) is 5.68. The van der Waals surface area contributed by atoms with Gasteiger partial charge in [-0.05, 0) is 80.4 Å². The average molecular weight is 1090 g/mol. The normalized spacial score (nSPS) is 14.3. The van der Waals surface area contributed by atoms with Crippen LogP contribution >= 0.6 is 0 Å². The van der Waals surface area contributed by atoms with Gasteiger partial charge in [-0.3, -0.25) is 38.5 Å². The number of amides is 9. The highest BCUT2D eigenvalue weighted by molar-refractivity contribution is 6.12. The number of carboxylic acids is 1. The molecule has 4 rings (SSSR count). The van der Waals surface area contributed by atoms with E-state index >= 15 is 4.39 Å². The number of benzene rings is 2. The number of aliphatic hydroxyl groups excluding tert-OH is 1. The van der Waals surface area contributed by atoms with Gasteiger partial charge in [-0.1, -0.05) is 71.4 Å². The molecule has 0 aliphatic carbocycles. The molecule has 1 aromatic heterocycles. The van der Waals surface area contributed by atoms with Crippen LogP contribution in [0.1, 0.15) is 122 Å². The number of nitrogens with one attached hydrogen (secondary N) is 5. The second-order valence-corrected chi connectivity index (χ2v) is 20.6. The zero-order valence-corrected chi connectivity index (χ0v) is 44.9. The number of carbonyl (C=O) groups excluding carboxylic acids is 8. The van der Waals surface area contributed by atoms with E-state index in [0.29, 0.717) is 36.9 Å². The third kappa shape index (κ3) is 19.4. The summed E-state index contributed by atoms with van der Waals surface area (Å²) in [5, 5.41) is 37.9. The van der Waals surface area contributed by atoms with Crippen LogP contribution in [0.15, 0.2) is 66.9 Å². The van der Waals surface area contributed by atoms with Crippen LogP contribution < -0.4 is 38.1 Å². The summed E-state index contributed by atoms with van der Waals surface area (Å²) in [5.74, 6) is -7.27. The Hall–Kier alpha value is -7.60. The standard InChI is InChI=1S/C54H75F2N11O11/c1-33(2)46(63-42(69)19-10-7-13-27-65-43(70)22-23-44(65)71)51(75)61-39(18-14-26-60-53(58)78)50(74)62-40(52(76)77)17-11-12-25-59-49(73)38(57)24-28-66(45(72)32-68)48(54(3,4)5)47-35(29-34-15-8-6-9-16-34)31-67(64-47)41-30-36(55)20-21-37(41)56/h6,8-9,15-16,20-23,30-31,33,38-40,46,48,68H,7,10-14,17-19,24-29,32,57H2,1-5H3,(H,59,73)(H,61,75)(H,62,74)(H,63,69)(H,76,77)(H3,58,60,78). The number of hydrogen-bond acceptors (Lipinski definition) is 12. The number of carbonyl (C=O) groups is 9. The minimum Gasteiger partial charge on any atom is -0.480 e. The van der Waals surface area contributed by atoms with Crippen molar-refractivity contribution < 1.29 is 62.1 Å². The smallest absolute Gasteiger partial charge is 0.326 e. The van der Waals surface area contributed by atoms with Gasteiger partial charge in [-0.25, -0.2) is 23.1 Å². The van der Waals surface area contributed by atoms with Crippen LogP contribution in [0.25, 0.3) is 5.69 Å². The lowest BCUT2D eigenvalue weighted by atomic mass is 9.81. The maximum Gasteiger partial charge on any atom is 0.326 e. The number of nitrogens with two attached hydrogens (primary N) is 2. The zero-order valence-electron chi connectivity index (χ0n) is 44.9. The van der Waals surface area contributed by atoms with Gasteiger partial charge in [0.1, 0.15) is 42.1 Å². The molecule has 11 N–H and O–H groups in total. The lowest BCUT2D eigenvalue weighted by molar-refractivity contribution is -0.142. The van der Waals surface area contributed by atoms with Crippen molar-refractivity contribution in [2.45, 2.75) is 135 Å². The second-order valence-electron chi connectivity index (χ2n) is 20.6. The Morgan fingerprint density at radius 2 is 1.44 bits per heavy atom. The van der Waals surface area contributed by atoms with Crippen LogP contribution in [0.4, 0.5) is 13.6 Å². The van der Waals surface area contributed by atoms with Gasteiger partial charge in [0.25, 0.3) is 11.8 Å². The first-order valence-corrected chi connectivity index (χ1v) is 26.1. The number of carboxylic acid groups (broad SMARTS) is 1. The van der Waals surface area contributed by atoms with Crippen LogP contribution in [0.5, 0.6) is 0 Å². The lowest BCUT2D eigenvalue weighted by Gasteiger charge is -2.40. The zero-order chi connectivity index (χ0) is 57.7. The number of primary amides is 1. The number of halogens is 2. The molecule has 9 amide bonds. The minimum absolute atomic E-state index is 0.0366. The fourth-order valence-corrected chi connectivity index (χ4v) is 8.87. The number of aliphatic carboxylic acids is 1. The number of rotatable bonds is 32. The quantitative estimate of drug-likeness (QED) is 0.0321. The predicted octanol–water partition coefficient (Wildman–Crippen LogP) is 2.78. The molecule has 5 unspecified atom stereocenters. The minimum atomic E-state index is -1.42. The summed E-state index contributed by atoms with van der Waals surface area (Å²) < 4.78 is 30.8. The highest BCUT2D eigenvalue weighted by atomic mass is 19.1. The molecule has 3 aromatic rings. The van der Waals surface area contributed by atoms with Crippen LogP contribution in [-0.4, -0.2) is 140 Å². The Morgan fingerprint density at radius 1 is 0.782 bits per heavy atom. The molecule has 5 atom stereocenters. The Kier molecular flexibility index (Phi) is 24.5. The van der Waals surface area contributed by atoms with Crippen LogP contribution in [0.3, 0.4) is 0 Å². The van der Waals surface area contributed by atoms with E-state index < -0.39 is 113 Å². The summed E-state index contributed by atoms with van der Waals surface area (Å²) in [4.78, 5) is 117. The number of imide groups is 1. The molecule has 2 heterocycles. The van der Waals surface area contributed by atoms with Crippen LogP contribution in [0, 0.1) is 23.0 Å². The van der Waals surface area contributed by atoms with Crippen molar-refractivity contribution in [2.75, 3.05) is 32.8 Å². The van der Waals surface area contributed by atoms with E-state index in [1.165, 1.54) is 21.7 Å². The van der Waals surface area contributed by atoms with Crippen molar-refractivity contribution in [3.05, 3.63) is 95.3 Å². The van der Waals surface area contributed by atoms with E-state index in [2.05, 4.69) is 26.6 Å². The first kappa shape index (κ1) is 62.9. The van der Waals surface area contributed by atoms with Gasteiger partial charge < -0.3 is 53.2 Å². The molecule has 22 nitrogen and oxygen atoms in total. The molecule has 0 saturated heterocycles. The maximum absolute atomic E-state index is 15.1. The van der Waals surface area contributed by atoms with E-state index in [1.54, 1.807) is 20.0 Å². The van der Waals surface area contributed by atoms with Crippen molar-refractivity contribution in [1.29, 1.82) is 0 Å². The SMILES string of the molecule is CC(C)C(NC(=O)CCCCCN1C(=O)C=CC1=O)C(=O)NC(CCCNC(N)=O)C(=O)NC(CCCCNC(=O)C(N)CCN(C(=O)CO)C(c1nn(-c2cc(F)ccc2F)cc1Cc1ccccc1)C(C)(C)C)C(=O)O. The van der Waals surface area contributed by atoms with E-state index in [9.17, 15) is 57.8 Å². The Morgan fingerprint density at radius 3 is 2.06 bits per heavy atom. The Bertz CT molecular complexity index is 2590. The largest absolute Gasteiger partial charge is 0.480 e.